The minimum Gasteiger partial charge on any atom is -0.390 e. The monoisotopic (exact) mass is 518 g/mol. The van der Waals surface area contributed by atoms with Gasteiger partial charge in [-0.2, -0.15) is 11.8 Å². The first-order valence-electron chi connectivity index (χ1n) is 14.3. The van der Waals surface area contributed by atoms with Crippen LogP contribution in [0.4, 0.5) is 0 Å². The van der Waals surface area contributed by atoms with Crippen molar-refractivity contribution in [1.29, 1.82) is 0 Å². The first kappa shape index (κ1) is 29.5. The third-order valence-electron chi connectivity index (χ3n) is 6.99. The molecule has 3 rings (SSSR count). The summed E-state index contributed by atoms with van der Waals surface area (Å²) in [6, 6.07) is 31.1. The highest BCUT2D eigenvalue weighted by Gasteiger charge is 2.37. The zero-order valence-corrected chi connectivity index (χ0v) is 23.5. The van der Waals surface area contributed by atoms with Crippen LogP contribution in [-0.2, 0) is 10.3 Å². The van der Waals surface area contributed by atoms with Crippen LogP contribution in [0.15, 0.2) is 91.0 Å². The molecule has 0 bridgehead atoms. The molecule has 0 aliphatic carbocycles. The van der Waals surface area contributed by atoms with Crippen LogP contribution in [-0.4, -0.2) is 29.3 Å². The number of thioether (sulfide) groups is 1. The van der Waals surface area contributed by atoms with Crippen LogP contribution < -0.4 is 0 Å². The average Bonchev–Trinajstić information content (AvgIpc) is 2.96. The maximum atomic E-state index is 10.9. The van der Waals surface area contributed by atoms with Gasteiger partial charge in [-0.25, -0.2) is 0 Å². The van der Waals surface area contributed by atoms with Crippen molar-refractivity contribution in [3.05, 3.63) is 108 Å². The largest absolute Gasteiger partial charge is 0.390 e. The smallest absolute Gasteiger partial charge is 0.143 e. The van der Waals surface area contributed by atoms with Crippen LogP contribution >= 0.6 is 11.8 Å². The van der Waals surface area contributed by atoms with E-state index < -0.39 is 11.7 Å². The standard InChI is InChI=1S/C34H46O2S/c1-2-3-4-5-6-7-8-9-10-20-27-37-29-33(35)28-36-34(30-21-14-11-15-22-30,31-23-16-12-17-24-31)32-25-18-13-19-26-32/h11-19,21-26,33,35H,2-10,20,27-29H2,1H3/t33-/m0/s1. The number of rotatable bonds is 19. The number of aliphatic hydroxyl groups is 1. The molecular formula is C34H46O2S. The molecule has 1 N–H and O–H groups in total. The second kappa shape index (κ2) is 17.4. The molecular weight excluding hydrogens is 472 g/mol. The Hall–Kier alpha value is -2.07. The predicted molar refractivity (Wildman–Crippen MR) is 160 cm³/mol. The van der Waals surface area contributed by atoms with Crippen molar-refractivity contribution < 1.29 is 9.84 Å². The van der Waals surface area contributed by atoms with Crippen LogP contribution in [0.1, 0.15) is 87.8 Å². The summed E-state index contributed by atoms with van der Waals surface area (Å²) in [4.78, 5) is 0. The Bertz CT molecular complexity index is 849. The summed E-state index contributed by atoms with van der Waals surface area (Å²) < 4.78 is 6.74. The Kier molecular flexibility index (Phi) is 13.9. The Labute approximate surface area is 229 Å². The van der Waals surface area contributed by atoms with E-state index in [0.29, 0.717) is 5.75 Å². The molecule has 1 atom stereocenters. The lowest BCUT2D eigenvalue weighted by Gasteiger charge is -2.36. The number of unbranched alkanes of at least 4 members (excludes halogenated alkanes) is 9. The minimum absolute atomic E-state index is 0.281. The molecule has 0 spiro atoms. The van der Waals surface area contributed by atoms with E-state index in [0.717, 1.165) is 22.4 Å². The number of ether oxygens (including phenoxy) is 1. The number of aliphatic hydroxyl groups excluding tert-OH is 1. The second-order valence-electron chi connectivity index (χ2n) is 10.0. The summed E-state index contributed by atoms with van der Waals surface area (Å²) in [5, 5.41) is 10.9. The highest BCUT2D eigenvalue weighted by atomic mass is 32.2. The second-order valence-corrected chi connectivity index (χ2v) is 11.2. The van der Waals surface area contributed by atoms with Gasteiger partial charge in [-0.15, -0.1) is 0 Å². The van der Waals surface area contributed by atoms with Gasteiger partial charge in [-0.05, 0) is 28.9 Å². The van der Waals surface area contributed by atoms with Gasteiger partial charge in [0.2, 0.25) is 0 Å². The van der Waals surface area contributed by atoms with E-state index in [-0.39, 0.29) is 6.61 Å². The van der Waals surface area contributed by atoms with Gasteiger partial charge < -0.3 is 9.84 Å². The van der Waals surface area contributed by atoms with Gasteiger partial charge >= 0.3 is 0 Å². The molecule has 37 heavy (non-hydrogen) atoms. The van der Waals surface area contributed by atoms with Crippen molar-refractivity contribution in [3.8, 4) is 0 Å². The molecule has 0 fully saturated rings. The summed E-state index contributed by atoms with van der Waals surface area (Å²) in [7, 11) is 0. The normalized spacial score (nSPS) is 12.5. The molecule has 0 aliphatic heterocycles. The van der Waals surface area contributed by atoms with E-state index in [1.807, 2.05) is 30.0 Å². The number of hydrogen-bond acceptors (Lipinski definition) is 3. The van der Waals surface area contributed by atoms with Crippen LogP contribution in [0.5, 0.6) is 0 Å². The van der Waals surface area contributed by atoms with Gasteiger partial charge in [0.25, 0.3) is 0 Å². The summed E-state index contributed by atoms with van der Waals surface area (Å²) in [5.74, 6) is 1.81. The van der Waals surface area contributed by atoms with Gasteiger partial charge in [0, 0.05) is 5.75 Å². The molecule has 0 amide bonds. The zero-order valence-electron chi connectivity index (χ0n) is 22.7. The molecule has 0 aromatic heterocycles. The number of hydrogen-bond donors (Lipinski definition) is 1. The Morgan fingerprint density at radius 2 is 1.03 bits per heavy atom. The molecule has 2 nitrogen and oxygen atoms in total. The van der Waals surface area contributed by atoms with E-state index in [1.165, 1.54) is 64.2 Å². The van der Waals surface area contributed by atoms with Crippen molar-refractivity contribution in [2.45, 2.75) is 82.8 Å². The topological polar surface area (TPSA) is 29.5 Å². The molecule has 0 radical (unpaired) electrons. The van der Waals surface area contributed by atoms with Crippen LogP contribution in [0.3, 0.4) is 0 Å². The van der Waals surface area contributed by atoms with Crippen molar-refractivity contribution in [2.24, 2.45) is 0 Å². The Morgan fingerprint density at radius 3 is 1.46 bits per heavy atom. The Morgan fingerprint density at radius 1 is 0.622 bits per heavy atom. The third kappa shape index (κ3) is 9.63. The molecule has 0 saturated heterocycles. The fraction of sp³-hybridized carbons (Fsp3) is 0.471. The lowest BCUT2D eigenvalue weighted by molar-refractivity contribution is -0.0311. The van der Waals surface area contributed by atoms with E-state index >= 15 is 0 Å². The van der Waals surface area contributed by atoms with E-state index in [2.05, 4.69) is 79.7 Å². The lowest BCUT2D eigenvalue weighted by Crippen LogP contribution is -2.36. The van der Waals surface area contributed by atoms with Gasteiger partial charge in [-0.1, -0.05) is 156 Å². The van der Waals surface area contributed by atoms with Crippen molar-refractivity contribution >= 4 is 11.8 Å². The predicted octanol–water partition coefficient (Wildman–Crippen LogP) is 9.01. The minimum atomic E-state index is -0.772. The van der Waals surface area contributed by atoms with Gasteiger partial charge in [0.15, 0.2) is 0 Å². The maximum Gasteiger partial charge on any atom is 0.143 e. The molecule has 0 unspecified atom stereocenters. The molecule has 3 aromatic rings. The molecule has 3 aromatic carbocycles. The van der Waals surface area contributed by atoms with Crippen molar-refractivity contribution in [3.63, 3.8) is 0 Å². The maximum absolute atomic E-state index is 10.9. The summed E-state index contributed by atoms with van der Waals surface area (Å²) >= 11 is 1.85. The van der Waals surface area contributed by atoms with Crippen molar-refractivity contribution in [1.82, 2.24) is 0 Å². The first-order valence-corrected chi connectivity index (χ1v) is 15.5. The molecule has 0 aliphatic rings. The SMILES string of the molecule is CCCCCCCCCCCCSC[C@@H](O)COC(c1ccccc1)(c1ccccc1)c1ccccc1. The third-order valence-corrected chi connectivity index (χ3v) is 8.18. The van der Waals surface area contributed by atoms with Gasteiger partial charge in [0.05, 0.1) is 12.7 Å². The first-order chi connectivity index (χ1) is 18.3. The molecule has 3 heteroatoms. The van der Waals surface area contributed by atoms with Crippen LogP contribution in [0, 0.1) is 0 Å². The van der Waals surface area contributed by atoms with Gasteiger partial charge in [-0.3, -0.25) is 0 Å². The summed E-state index contributed by atoms with van der Waals surface area (Å²) in [6.07, 6.45) is 13.0. The molecule has 0 heterocycles. The van der Waals surface area contributed by atoms with E-state index in [9.17, 15) is 5.11 Å². The van der Waals surface area contributed by atoms with Gasteiger partial charge in [0.1, 0.15) is 5.60 Å². The Balaban J connectivity index is 1.50. The summed E-state index contributed by atoms with van der Waals surface area (Å²) in [6.45, 7) is 2.56. The zero-order chi connectivity index (χ0) is 26.0. The van der Waals surface area contributed by atoms with E-state index in [4.69, 9.17) is 4.74 Å². The molecule has 0 saturated carbocycles. The van der Waals surface area contributed by atoms with Crippen molar-refractivity contribution in [2.75, 3.05) is 18.1 Å². The summed E-state index contributed by atoms with van der Waals surface area (Å²) in [5.41, 5.74) is 2.43. The highest BCUT2D eigenvalue weighted by Crippen LogP contribution is 2.40. The quantitative estimate of drug-likeness (QED) is 0.127. The van der Waals surface area contributed by atoms with Crippen LogP contribution in [0.2, 0.25) is 0 Å². The van der Waals surface area contributed by atoms with E-state index in [1.54, 1.807) is 0 Å². The average molecular weight is 519 g/mol. The number of benzene rings is 3. The molecule has 200 valence electrons. The van der Waals surface area contributed by atoms with Crippen LogP contribution in [0.25, 0.3) is 0 Å². The highest BCUT2D eigenvalue weighted by molar-refractivity contribution is 7.99. The lowest BCUT2D eigenvalue weighted by atomic mass is 9.80. The fourth-order valence-electron chi connectivity index (χ4n) is 4.95. The fourth-order valence-corrected chi connectivity index (χ4v) is 5.89.